The number of halogens is 1. The lowest BCUT2D eigenvalue weighted by atomic mass is 9.96. The summed E-state index contributed by atoms with van der Waals surface area (Å²) in [6, 6.07) is 5.93. The van der Waals surface area contributed by atoms with E-state index < -0.39 is 0 Å². The molecule has 0 aliphatic heterocycles. The fraction of sp³-hybridized carbons (Fsp3) is 0.167. The number of fused-ring (bicyclic) bond motifs is 5. The van der Waals surface area contributed by atoms with Crippen molar-refractivity contribution in [2.45, 2.75) is 12.8 Å². The molecule has 0 atom stereocenters. The third-order valence-corrected chi connectivity index (χ3v) is 3.61. The average Bonchev–Trinajstić information content (AvgIpc) is 2.91. The van der Waals surface area contributed by atoms with Gasteiger partial charge in [-0.3, -0.25) is 0 Å². The predicted octanol–water partition coefficient (Wildman–Crippen LogP) is 2.97. The number of aryl methyl sites for hydroxylation is 2. The standard InChI is InChI=1S/C12H8ClN3O/c13-8-3-1-2-6-7-4-5-9-12(16-17-15-9)11(7)14-10(6)8/h1-3,14H,4-5H2. The van der Waals surface area contributed by atoms with E-state index in [0.717, 1.165) is 40.5 Å². The minimum atomic E-state index is 0.731. The van der Waals surface area contributed by atoms with Crippen LogP contribution in [0.25, 0.3) is 22.3 Å². The Labute approximate surface area is 102 Å². The van der Waals surface area contributed by atoms with Crippen molar-refractivity contribution in [1.29, 1.82) is 0 Å². The largest absolute Gasteiger partial charge is 0.352 e. The van der Waals surface area contributed by atoms with Gasteiger partial charge in [0.25, 0.3) is 0 Å². The molecule has 5 heteroatoms. The van der Waals surface area contributed by atoms with E-state index in [0.29, 0.717) is 0 Å². The van der Waals surface area contributed by atoms with Crippen LogP contribution in [0.5, 0.6) is 0 Å². The first-order chi connectivity index (χ1) is 8.34. The molecule has 84 valence electrons. The van der Waals surface area contributed by atoms with E-state index in [1.807, 2.05) is 12.1 Å². The highest BCUT2D eigenvalue weighted by molar-refractivity contribution is 6.35. The summed E-state index contributed by atoms with van der Waals surface area (Å²) in [6.45, 7) is 0. The molecule has 4 nitrogen and oxygen atoms in total. The fourth-order valence-corrected chi connectivity index (χ4v) is 2.73. The quantitative estimate of drug-likeness (QED) is 0.662. The number of rotatable bonds is 0. The minimum Gasteiger partial charge on any atom is -0.352 e. The Hall–Kier alpha value is -1.81. The van der Waals surface area contributed by atoms with Crippen molar-refractivity contribution in [2.24, 2.45) is 0 Å². The van der Waals surface area contributed by atoms with E-state index in [1.54, 1.807) is 0 Å². The number of hydrogen-bond donors (Lipinski definition) is 1. The van der Waals surface area contributed by atoms with E-state index in [2.05, 4.69) is 21.4 Å². The molecule has 0 spiro atoms. The molecular weight excluding hydrogens is 238 g/mol. The van der Waals surface area contributed by atoms with Crippen molar-refractivity contribution in [3.63, 3.8) is 0 Å². The summed E-state index contributed by atoms with van der Waals surface area (Å²) in [5.41, 5.74) is 4.95. The highest BCUT2D eigenvalue weighted by Gasteiger charge is 2.25. The maximum absolute atomic E-state index is 6.19. The highest BCUT2D eigenvalue weighted by atomic mass is 35.5. The maximum Gasteiger partial charge on any atom is 0.154 e. The van der Waals surface area contributed by atoms with Crippen molar-refractivity contribution in [1.82, 2.24) is 15.3 Å². The molecule has 0 fully saturated rings. The third kappa shape index (κ3) is 1.13. The monoisotopic (exact) mass is 245 g/mol. The molecule has 1 aromatic carbocycles. The van der Waals surface area contributed by atoms with Crippen LogP contribution in [-0.4, -0.2) is 15.3 Å². The molecule has 1 aliphatic rings. The lowest BCUT2D eigenvalue weighted by Gasteiger charge is -2.07. The van der Waals surface area contributed by atoms with E-state index in [9.17, 15) is 0 Å². The van der Waals surface area contributed by atoms with Gasteiger partial charge in [0.05, 0.1) is 16.2 Å². The Balaban J connectivity index is 2.14. The zero-order valence-corrected chi connectivity index (χ0v) is 9.58. The average molecular weight is 246 g/mol. The predicted molar refractivity (Wildman–Crippen MR) is 64.0 cm³/mol. The zero-order chi connectivity index (χ0) is 11.4. The van der Waals surface area contributed by atoms with E-state index in [4.69, 9.17) is 16.2 Å². The molecular formula is C12H8ClN3O. The molecule has 0 saturated carbocycles. The van der Waals surface area contributed by atoms with Gasteiger partial charge >= 0.3 is 0 Å². The number of benzene rings is 1. The highest BCUT2D eigenvalue weighted by Crippen LogP contribution is 2.37. The molecule has 17 heavy (non-hydrogen) atoms. The molecule has 4 rings (SSSR count). The lowest BCUT2D eigenvalue weighted by Crippen LogP contribution is -2.02. The van der Waals surface area contributed by atoms with Gasteiger partial charge in [0.1, 0.15) is 5.69 Å². The first-order valence-electron chi connectivity index (χ1n) is 5.45. The zero-order valence-electron chi connectivity index (χ0n) is 8.83. The smallest absolute Gasteiger partial charge is 0.154 e. The first kappa shape index (κ1) is 9.24. The first-order valence-corrected chi connectivity index (χ1v) is 5.83. The topological polar surface area (TPSA) is 54.7 Å². The second kappa shape index (κ2) is 3.11. The number of para-hydroxylation sites is 1. The van der Waals surface area contributed by atoms with Crippen LogP contribution < -0.4 is 0 Å². The molecule has 0 unspecified atom stereocenters. The number of aromatic amines is 1. The van der Waals surface area contributed by atoms with Crippen LogP contribution in [0.15, 0.2) is 22.8 Å². The molecule has 2 heterocycles. The Morgan fingerprint density at radius 2 is 2.18 bits per heavy atom. The van der Waals surface area contributed by atoms with E-state index in [-0.39, 0.29) is 0 Å². The summed E-state index contributed by atoms with van der Waals surface area (Å²) >= 11 is 6.19. The molecule has 3 aromatic rings. The second-order valence-electron chi connectivity index (χ2n) is 4.20. The number of hydrogen-bond acceptors (Lipinski definition) is 3. The van der Waals surface area contributed by atoms with Gasteiger partial charge in [0.2, 0.25) is 0 Å². The van der Waals surface area contributed by atoms with Crippen LogP contribution in [0.2, 0.25) is 5.02 Å². The van der Waals surface area contributed by atoms with Crippen LogP contribution >= 0.6 is 11.6 Å². The Bertz CT molecular complexity index is 729. The molecule has 0 amide bonds. The van der Waals surface area contributed by atoms with E-state index >= 15 is 0 Å². The summed E-state index contributed by atoms with van der Waals surface area (Å²) in [5, 5.41) is 9.77. The van der Waals surface area contributed by atoms with Gasteiger partial charge in [-0.15, -0.1) is 0 Å². The van der Waals surface area contributed by atoms with Crippen LogP contribution in [0.1, 0.15) is 11.3 Å². The molecule has 0 bridgehead atoms. The van der Waals surface area contributed by atoms with Gasteiger partial charge in [-0.2, -0.15) is 0 Å². The summed E-state index contributed by atoms with van der Waals surface area (Å²) in [4.78, 5) is 3.33. The number of H-pyrrole nitrogens is 1. The van der Waals surface area contributed by atoms with Gasteiger partial charge in [0, 0.05) is 5.39 Å². The summed E-state index contributed by atoms with van der Waals surface area (Å²) in [6.07, 6.45) is 1.81. The van der Waals surface area contributed by atoms with Crippen molar-refractivity contribution in [2.75, 3.05) is 0 Å². The van der Waals surface area contributed by atoms with Gasteiger partial charge in [0.15, 0.2) is 5.69 Å². The summed E-state index contributed by atoms with van der Waals surface area (Å²) in [7, 11) is 0. The van der Waals surface area contributed by atoms with Crippen molar-refractivity contribution in [3.05, 3.63) is 34.5 Å². The van der Waals surface area contributed by atoms with Gasteiger partial charge < -0.3 is 4.98 Å². The Kier molecular flexibility index (Phi) is 1.69. The van der Waals surface area contributed by atoms with Crippen LogP contribution in [-0.2, 0) is 12.8 Å². The summed E-state index contributed by atoms with van der Waals surface area (Å²) < 4.78 is 4.80. The Morgan fingerprint density at radius 1 is 1.24 bits per heavy atom. The van der Waals surface area contributed by atoms with E-state index in [1.165, 1.54) is 10.9 Å². The Morgan fingerprint density at radius 3 is 3.12 bits per heavy atom. The number of aromatic nitrogens is 3. The van der Waals surface area contributed by atoms with Crippen molar-refractivity contribution < 1.29 is 4.63 Å². The van der Waals surface area contributed by atoms with Crippen LogP contribution in [0.3, 0.4) is 0 Å². The maximum atomic E-state index is 6.19. The lowest BCUT2D eigenvalue weighted by molar-refractivity contribution is 0.304. The third-order valence-electron chi connectivity index (χ3n) is 3.30. The number of nitrogens with zero attached hydrogens (tertiary/aromatic N) is 2. The minimum absolute atomic E-state index is 0.731. The van der Waals surface area contributed by atoms with Crippen molar-refractivity contribution in [3.8, 4) is 11.4 Å². The normalized spacial score (nSPS) is 13.7. The molecule has 1 aliphatic carbocycles. The molecule has 0 radical (unpaired) electrons. The fourth-order valence-electron chi connectivity index (χ4n) is 2.50. The van der Waals surface area contributed by atoms with Crippen LogP contribution in [0.4, 0.5) is 0 Å². The van der Waals surface area contributed by atoms with Gasteiger partial charge in [-0.05, 0) is 29.6 Å². The second-order valence-corrected chi connectivity index (χ2v) is 4.61. The van der Waals surface area contributed by atoms with Gasteiger partial charge in [-0.25, -0.2) is 4.63 Å². The SMILES string of the molecule is Clc1cccc2c3c([nH]c12)-c1nonc1CC3. The molecule has 2 aromatic heterocycles. The summed E-state index contributed by atoms with van der Waals surface area (Å²) in [5.74, 6) is 0. The van der Waals surface area contributed by atoms with Crippen LogP contribution in [0, 0.1) is 0 Å². The van der Waals surface area contributed by atoms with Crippen molar-refractivity contribution >= 4 is 22.5 Å². The molecule has 1 N–H and O–H groups in total. The molecule has 0 saturated heterocycles. The number of nitrogens with one attached hydrogen (secondary N) is 1. The van der Waals surface area contributed by atoms with Gasteiger partial charge in [-0.1, -0.05) is 28.9 Å².